The molecule has 0 aromatic heterocycles. The molecule has 0 unspecified atom stereocenters. The van der Waals surface area contributed by atoms with Crippen molar-refractivity contribution in [3.8, 4) is 0 Å². The minimum Gasteiger partial charge on any atom is -0.444 e. The molecule has 1 aliphatic heterocycles. The van der Waals surface area contributed by atoms with E-state index in [-0.39, 0.29) is 12.2 Å². The molecule has 1 aliphatic rings. The second-order valence-corrected chi connectivity index (χ2v) is 5.02. The topological polar surface area (TPSA) is 67.9 Å². The van der Waals surface area contributed by atoms with E-state index in [0.29, 0.717) is 32.3 Å². The lowest BCUT2D eigenvalue weighted by Gasteiger charge is -2.32. The Kier molecular flexibility index (Phi) is 4.74. The second-order valence-electron chi connectivity index (χ2n) is 5.02. The van der Waals surface area contributed by atoms with Crippen molar-refractivity contribution < 1.29 is 19.2 Å². The minimum absolute atomic E-state index is 0.0288. The van der Waals surface area contributed by atoms with Crippen LogP contribution < -0.4 is 5.48 Å². The van der Waals surface area contributed by atoms with Gasteiger partial charge in [-0.25, -0.2) is 10.3 Å². The highest BCUT2D eigenvalue weighted by molar-refractivity contribution is 5.68. The first-order chi connectivity index (χ1) is 7.92. The van der Waals surface area contributed by atoms with Gasteiger partial charge in [-0.05, 0) is 33.6 Å². The minimum atomic E-state index is -0.469. The van der Waals surface area contributed by atoms with Gasteiger partial charge in [0.2, 0.25) is 6.41 Å². The highest BCUT2D eigenvalue weighted by Crippen LogP contribution is 2.16. The van der Waals surface area contributed by atoms with Crippen LogP contribution in [-0.2, 0) is 14.4 Å². The molecule has 0 bridgehead atoms. The number of carbonyl (C=O) groups is 2. The lowest BCUT2D eigenvalue weighted by atomic mass is 10.1. The largest absolute Gasteiger partial charge is 0.444 e. The number of amides is 2. The summed E-state index contributed by atoms with van der Waals surface area (Å²) in [7, 11) is 0. The van der Waals surface area contributed by atoms with Crippen LogP contribution in [0.3, 0.4) is 0 Å². The number of nitrogens with zero attached hydrogens (tertiary/aromatic N) is 1. The average Bonchev–Trinajstić information content (AvgIpc) is 2.24. The van der Waals surface area contributed by atoms with Crippen LogP contribution in [0.15, 0.2) is 0 Å². The van der Waals surface area contributed by atoms with Crippen molar-refractivity contribution in [1.29, 1.82) is 0 Å². The van der Waals surface area contributed by atoms with Gasteiger partial charge in [0.25, 0.3) is 0 Å². The normalized spacial score (nSPS) is 17.7. The summed E-state index contributed by atoms with van der Waals surface area (Å²) in [5.74, 6) is 0. The van der Waals surface area contributed by atoms with Crippen LogP contribution in [-0.4, -0.2) is 42.2 Å². The zero-order valence-corrected chi connectivity index (χ0v) is 10.6. The number of likely N-dealkylation sites (tertiary alicyclic amines) is 1. The quantitative estimate of drug-likeness (QED) is 0.595. The molecule has 0 aliphatic carbocycles. The van der Waals surface area contributed by atoms with Crippen LogP contribution in [0.2, 0.25) is 0 Å². The van der Waals surface area contributed by atoms with Crippen molar-refractivity contribution in [2.45, 2.75) is 45.3 Å². The van der Waals surface area contributed by atoms with E-state index in [4.69, 9.17) is 9.57 Å². The SMILES string of the molecule is CC(C)(C)OC(=O)N1CCC(ONC=O)CC1. The number of piperidine rings is 1. The van der Waals surface area contributed by atoms with Gasteiger partial charge >= 0.3 is 6.09 Å². The molecule has 1 heterocycles. The molecule has 2 amide bonds. The summed E-state index contributed by atoms with van der Waals surface area (Å²) >= 11 is 0. The van der Waals surface area contributed by atoms with Crippen molar-refractivity contribution in [3.05, 3.63) is 0 Å². The fourth-order valence-corrected chi connectivity index (χ4v) is 1.61. The summed E-state index contributed by atoms with van der Waals surface area (Å²) in [6.45, 7) is 6.69. The van der Waals surface area contributed by atoms with Crippen molar-refractivity contribution in [2.75, 3.05) is 13.1 Å². The molecule has 0 aromatic rings. The molecule has 0 spiro atoms. The summed E-state index contributed by atoms with van der Waals surface area (Å²) in [6, 6.07) is 0. The lowest BCUT2D eigenvalue weighted by Crippen LogP contribution is -2.44. The number of hydrogen-bond donors (Lipinski definition) is 1. The maximum absolute atomic E-state index is 11.7. The maximum Gasteiger partial charge on any atom is 0.410 e. The Morgan fingerprint density at radius 1 is 1.35 bits per heavy atom. The van der Waals surface area contributed by atoms with Crippen LogP contribution in [0.4, 0.5) is 4.79 Å². The van der Waals surface area contributed by atoms with Crippen LogP contribution in [0.25, 0.3) is 0 Å². The molecule has 0 saturated carbocycles. The molecule has 1 fully saturated rings. The van der Waals surface area contributed by atoms with Crippen molar-refractivity contribution >= 4 is 12.5 Å². The highest BCUT2D eigenvalue weighted by Gasteiger charge is 2.27. The first kappa shape index (κ1) is 13.8. The zero-order valence-electron chi connectivity index (χ0n) is 10.6. The monoisotopic (exact) mass is 244 g/mol. The summed E-state index contributed by atoms with van der Waals surface area (Å²) < 4.78 is 5.27. The lowest BCUT2D eigenvalue weighted by molar-refractivity contribution is -0.128. The summed E-state index contributed by atoms with van der Waals surface area (Å²) in [5.41, 5.74) is 1.72. The fourth-order valence-electron chi connectivity index (χ4n) is 1.61. The predicted octanol–water partition coefficient (Wildman–Crippen LogP) is 1.06. The molecule has 0 aromatic carbocycles. The summed E-state index contributed by atoms with van der Waals surface area (Å²) in [5, 5.41) is 0. The number of nitrogens with one attached hydrogen (secondary N) is 1. The van der Waals surface area contributed by atoms with Crippen molar-refractivity contribution in [3.63, 3.8) is 0 Å². The van der Waals surface area contributed by atoms with Gasteiger partial charge in [-0.1, -0.05) is 0 Å². The van der Waals surface area contributed by atoms with E-state index in [1.165, 1.54) is 0 Å². The highest BCUT2D eigenvalue weighted by atomic mass is 16.7. The van der Waals surface area contributed by atoms with E-state index < -0.39 is 5.60 Å². The van der Waals surface area contributed by atoms with Gasteiger partial charge in [0.1, 0.15) is 5.60 Å². The van der Waals surface area contributed by atoms with Gasteiger partial charge in [0, 0.05) is 13.1 Å². The Labute approximate surface area is 101 Å². The van der Waals surface area contributed by atoms with Crippen molar-refractivity contribution in [2.24, 2.45) is 0 Å². The third-order valence-corrected chi connectivity index (χ3v) is 2.38. The third-order valence-electron chi connectivity index (χ3n) is 2.38. The van der Waals surface area contributed by atoms with E-state index in [0.717, 1.165) is 0 Å². The molecule has 1 N–H and O–H groups in total. The third kappa shape index (κ3) is 5.04. The number of hydroxylamine groups is 1. The Bertz CT molecular complexity index is 267. The van der Waals surface area contributed by atoms with Gasteiger partial charge < -0.3 is 9.64 Å². The van der Waals surface area contributed by atoms with Crippen LogP contribution in [0.5, 0.6) is 0 Å². The van der Waals surface area contributed by atoms with E-state index in [1.54, 1.807) is 4.90 Å². The van der Waals surface area contributed by atoms with E-state index in [1.807, 2.05) is 20.8 Å². The number of ether oxygens (including phenoxy) is 1. The van der Waals surface area contributed by atoms with Gasteiger partial charge in [-0.2, -0.15) is 0 Å². The van der Waals surface area contributed by atoms with E-state index in [2.05, 4.69) is 5.48 Å². The summed E-state index contributed by atoms with van der Waals surface area (Å²) in [4.78, 5) is 28.5. The van der Waals surface area contributed by atoms with E-state index >= 15 is 0 Å². The zero-order chi connectivity index (χ0) is 12.9. The molecule has 1 saturated heterocycles. The number of rotatable bonds is 3. The molecular weight excluding hydrogens is 224 g/mol. The first-order valence-corrected chi connectivity index (χ1v) is 5.75. The van der Waals surface area contributed by atoms with Gasteiger partial charge in [-0.3, -0.25) is 9.63 Å². The Balaban J connectivity index is 2.31. The smallest absolute Gasteiger partial charge is 0.410 e. The van der Waals surface area contributed by atoms with Crippen LogP contribution >= 0.6 is 0 Å². The standard InChI is InChI=1S/C11H20N2O4/c1-11(2,3)16-10(15)13-6-4-9(5-7-13)17-12-8-14/h8-9H,4-7H2,1-3H3,(H,12,14). The summed E-state index contributed by atoms with van der Waals surface area (Å²) in [6.07, 6.45) is 1.57. The second kappa shape index (κ2) is 5.86. The van der Waals surface area contributed by atoms with Gasteiger partial charge in [-0.15, -0.1) is 0 Å². The van der Waals surface area contributed by atoms with Gasteiger partial charge in [0.15, 0.2) is 0 Å². The number of hydrogen-bond acceptors (Lipinski definition) is 4. The Morgan fingerprint density at radius 2 is 1.94 bits per heavy atom. The number of carbonyl (C=O) groups excluding carboxylic acids is 2. The van der Waals surface area contributed by atoms with Crippen molar-refractivity contribution in [1.82, 2.24) is 10.4 Å². The van der Waals surface area contributed by atoms with Gasteiger partial charge in [0.05, 0.1) is 6.10 Å². The Morgan fingerprint density at radius 3 is 2.41 bits per heavy atom. The first-order valence-electron chi connectivity index (χ1n) is 5.75. The van der Waals surface area contributed by atoms with E-state index in [9.17, 15) is 9.59 Å². The molecule has 1 rings (SSSR count). The van der Waals surface area contributed by atoms with Crippen LogP contribution in [0.1, 0.15) is 33.6 Å². The molecule has 6 heteroatoms. The fraction of sp³-hybridized carbons (Fsp3) is 0.818. The average molecular weight is 244 g/mol. The molecule has 17 heavy (non-hydrogen) atoms. The molecule has 0 radical (unpaired) electrons. The molecule has 98 valence electrons. The Hall–Kier alpha value is -1.30. The molecule has 0 atom stereocenters. The molecular formula is C11H20N2O4. The maximum atomic E-state index is 11.7. The predicted molar refractivity (Wildman–Crippen MR) is 61.1 cm³/mol. The molecule has 6 nitrogen and oxygen atoms in total. The van der Waals surface area contributed by atoms with Crippen LogP contribution in [0, 0.1) is 0 Å².